The molecule has 1 aromatic carbocycles. The van der Waals surface area contributed by atoms with Crippen molar-refractivity contribution in [3.05, 3.63) is 46.4 Å². The van der Waals surface area contributed by atoms with Crippen LogP contribution in [0.3, 0.4) is 0 Å². The third kappa shape index (κ3) is 2.84. The lowest BCUT2D eigenvalue weighted by molar-refractivity contribution is -0.114. The highest BCUT2D eigenvalue weighted by atomic mass is 16.2. The van der Waals surface area contributed by atoms with Crippen molar-refractivity contribution in [3.8, 4) is 5.69 Å². The third-order valence-electron chi connectivity index (χ3n) is 3.42. The first kappa shape index (κ1) is 16.1. The number of amides is 1. The SMILES string of the molecule is CCc1c(NC(C)=O)c(=O)n(C(C)(C)C)n1-c1ccccc1. The maximum Gasteiger partial charge on any atom is 0.291 e. The van der Waals surface area contributed by atoms with Crippen molar-refractivity contribution in [2.45, 2.75) is 46.6 Å². The summed E-state index contributed by atoms with van der Waals surface area (Å²) in [5, 5.41) is 2.70. The molecule has 118 valence electrons. The number of anilines is 1. The van der Waals surface area contributed by atoms with Crippen LogP contribution in [0.4, 0.5) is 5.69 Å². The van der Waals surface area contributed by atoms with Crippen molar-refractivity contribution < 1.29 is 4.79 Å². The second-order valence-corrected chi connectivity index (χ2v) is 6.29. The van der Waals surface area contributed by atoms with Gasteiger partial charge in [-0.25, -0.2) is 4.68 Å². The molecule has 0 atom stereocenters. The summed E-state index contributed by atoms with van der Waals surface area (Å²) < 4.78 is 3.61. The highest BCUT2D eigenvalue weighted by Crippen LogP contribution is 2.23. The third-order valence-corrected chi connectivity index (χ3v) is 3.42. The van der Waals surface area contributed by atoms with Gasteiger partial charge in [-0.1, -0.05) is 25.1 Å². The van der Waals surface area contributed by atoms with Gasteiger partial charge in [0.1, 0.15) is 5.69 Å². The molecule has 22 heavy (non-hydrogen) atoms. The van der Waals surface area contributed by atoms with Gasteiger partial charge in [0.2, 0.25) is 5.91 Å². The Labute approximate surface area is 130 Å². The first-order valence-corrected chi connectivity index (χ1v) is 7.47. The van der Waals surface area contributed by atoms with Crippen molar-refractivity contribution in [3.63, 3.8) is 0 Å². The van der Waals surface area contributed by atoms with Crippen molar-refractivity contribution in [2.24, 2.45) is 0 Å². The maximum atomic E-state index is 12.9. The zero-order valence-corrected chi connectivity index (χ0v) is 13.8. The van der Waals surface area contributed by atoms with Crippen molar-refractivity contribution >= 4 is 11.6 Å². The average molecular weight is 301 g/mol. The molecule has 0 saturated carbocycles. The van der Waals surface area contributed by atoms with Gasteiger partial charge in [0.25, 0.3) is 5.56 Å². The molecular formula is C17H23N3O2. The van der Waals surface area contributed by atoms with Gasteiger partial charge in [-0.3, -0.25) is 14.3 Å². The summed E-state index contributed by atoms with van der Waals surface area (Å²) in [6, 6.07) is 9.72. The molecule has 1 N–H and O–H groups in total. The lowest BCUT2D eigenvalue weighted by Crippen LogP contribution is -2.36. The molecule has 0 aliphatic rings. The Morgan fingerprint density at radius 2 is 1.77 bits per heavy atom. The molecule has 1 heterocycles. The summed E-state index contributed by atoms with van der Waals surface area (Å²) in [5.41, 5.74) is 1.49. The van der Waals surface area contributed by atoms with Crippen LogP contribution in [-0.4, -0.2) is 15.3 Å². The number of aromatic nitrogens is 2. The Hall–Kier alpha value is -2.30. The van der Waals surface area contributed by atoms with E-state index in [2.05, 4.69) is 5.32 Å². The molecule has 0 aliphatic carbocycles. The fraction of sp³-hybridized carbons (Fsp3) is 0.412. The van der Waals surface area contributed by atoms with Gasteiger partial charge < -0.3 is 5.32 Å². The summed E-state index contributed by atoms with van der Waals surface area (Å²) >= 11 is 0. The van der Waals surface area contributed by atoms with Gasteiger partial charge in [0.05, 0.1) is 16.9 Å². The quantitative estimate of drug-likeness (QED) is 0.947. The van der Waals surface area contributed by atoms with Crippen LogP contribution in [0.25, 0.3) is 5.69 Å². The highest BCUT2D eigenvalue weighted by Gasteiger charge is 2.27. The Kier molecular flexibility index (Phi) is 4.26. The molecule has 0 bridgehead atoms. The number of para-hydroxylation sites is 1. The van der Waals surface area contributed by atoms with Crippen LogP contribution < -0.4 is 10.9 Å². The maximum absolute atomic E-state index is 12.9. The van der Waals surface area contributed by atoms with E-state index in [-0.39, 0.29) is 11.5 Å². The lowest BCUT2D eigenvalue weighted by Gasteiger charge is -2.25. The molecule has 1 amide bonds. The van der Waals surface area contributed by atoms with Gasteiger partial charge in [-0.15, -0.1) is 0 Å². The van der Waals surface area contributed by atoms with Crippen molar-refractivity contribution in [2.75, 3.05) is 5.32 Å². The van der Waals surface area contributed by atoms with Crippen LogP contribution in [-0.2, 0) is 16.8 Å². The van der Waals surface area contributed by atoms with Crippen molar-refractivity contribution in [1.82, 2.24) is 9.36 Å². The number of benzene rings is 1. The zero-order chi connectivity index (χ0) is 16.5. The van der Waals surface area contributed by atoms with Crippen LogP contribution in [0.2, 0.25) is 0 Å². The van der Waals surface area contributed by atoms with Crippen LogP contribution in [0, 0.1) is 0 Å². The Morgan fingerprint density at radius 1 is 1.18 bits per heavy atom. The van der Waals surface area contributed by atoms with Gasteiger partial charge in [-0.05, 0) is 39.3 Å². The van der Waals surface area contributed by atoms with E-state index in [4.69, 9.17) is 0 Å². The molecule has 1 aromatic heterocycles. The van der Waals surface area contributed by atoms with Crippen LogP contribution >= 0.6 is 0 Å². The van der Waals surface area contributed by atoms with E-state index in [1.165, 1.54) is 6.92 Å². The molecular weight excluding hydrogens is 278 g/mol. The largest absolute Gasteiger partial charge is 0.320 e. The zero-order valence-electron chi connectivity index (χ0n) is 13.8. The Balaban J connectivity index is 2.85. The minimum Gasteiger partial charge on any atom is -0.320 e. The fourth-order valence-electron chi connectivity index (χ4n) is 2.62. The molecule has 2 rings (SSSR count). The molecule has 2 aromatic rings. The van der Waals surface area contributed by atoms with E-state index in [9.17, 15) is 9.59 Å². The summed E-state index contributed by atoms with van der Waals surface area (Å²) in [6.45, 7) is 9.33. The number of rotatable bonds is 3. The molecule has 0 fully saturated rings. The molecule has 0 spiro atoms. The van der Waals surface area contributed by atoms with E-state index < -0.39 is 5.54 Å². The molecule has 0 saturated heterocycles. The molecule has 5 heteroatoms. The number of carbonyl (C=O) groups excluding carboxylic acids is 1. The number of hydrogen-bond acceptors (Lipinski definition) is 2. The predicted octanol–water partition coefficient (Wildman–Crippen LogP) is 2.91. The second kappa shape index (κ2) is 5.83. The molecule has 5 nitrogen and oxygen atoms in total. The first-order chi connectivity index (χ1) is 10.3. The van der Waals surface area contributed by atoms with E-state index in [0.717, 1.165) is 11.4 Å². The van der Waals surface area contributed by atoms with E-state index in [0.29, 0.717) is 12.1 Å². The second-order valence-electron chi connectivity index (χ2n) is 6.29. The normalized spacial score (nSPS) is 11.5. The fourth-order valence-corrected chi connectivity index (χ4v) is 2.62. The topological polar surface area (TPSA) is 56.0 Å². The Bertz CT molecular complexity index is 734. The average Bonchev–Trinajstić information content (AvgIpc) is 2.72. The molecule has 0 unspecified atom stereocenters. The Morgan fingerprint density at radius 3 is 2.23 bits per heavy atom. The first-order valence-electron chi connectivity index (χ1n) is 7.47. The van der Waals surface area contributed by atoms with Gasteiger partial charge >= 0.3 is 0 Å². The smallest absolute Gasteiger partial charge is 0.291 e. The highest BCUT2D eigenvalue weighted by molar-refractivity contribution is 5.89. The minimum atomic E-state index is -0.409. The van der Waals surface area contributed by atoms with Crippen LogP contribution in [0.15, 0.2) is 35.1 Å². The van der Waals surface area contributed by atoms with Gasteiger partial charge in [0, 0.05) is 6.92 Å². The van der Waals surface area contributed by atoms with E-state index in [1.54, 1.807) is 4.68 Å². The summed E-state index contributed by atoms with van der Waals surface area (Å²) in [5.74, 6) is -0.238. The van der Waals surface area contributed by atoms with Gasteiger partial charge in [0.15, 0.2) is 0 Å². The van der Waals surface area contributed by atoms with E-state index >= 15 is 0 Å². The standard InChI is InChI=1S/C17H23N3O2/c1-6-14-15(18-12(2)21)16(22)20(17(3,4)5)19(14)13-10-8-7-9-11-13/h7-11H,6H2,1-5H3,(H,18,21). The molecule has 0 aliphatic heterocycles. The summed E-state index contributed by atoms with van der Waals surface area (Å²) in [7, 11) is 0. The van der Waals surface area contributed by atoms with Crippen LogP contribution in [0.5, 0.6) is 0 Å². The summed E-state index contributed by atoms with van der Waals surface area (Å²) in [4.78, 5) is 24.3. The number of hydrogen-bond donors (Lipinski definition) is 1. The predicted molar refractivity (Wildman–Crippen MR) is 88.7 cm³/mol. The van der Waals surface area contributed by atoms with E-state index in [1.807, 2.05) is 62.7 Å². The molecule has 0 radical (unpaired) electrons. The number of carbonyl (C=O) groups is 1. The number of nitrogens with zero attached hydrogens (tertiary/aromatic N) is 2. The number of nitrogens with one attached hydrogen (secondary N) is 1. The summed E-state index contributed by atoms with van der Waals surface area (Å²) in [6.07, 6.45) is 0.642. The van der Waals surface area contributed by atoms with Gasteiger partial charge in [-0.2, -0.15) is 0 Å². The van der Waals surface area contributed by atoms with Crippen LogP contribution in [0.1, 0.15) is 40.3 Å². The van der Waals surface area contributed by atoms with Crippen molar-refractivity contribution in [1.29, 1.82) is 0 Å². The lowest BCUT2D eigenvalue weighted by atomic mass is 10.1. The monoisotopic (exact) mass is 301 g/mol. The minimum absolute atomic E-state index is 0.177.